The first-order valence-electron chi connectivity index (χ1n) is 3.84. The van der Waals surface area contributed by atoms with Crippen LogP contribution in [0, 0.1) is 5.92 Å². The molecule has 0 aromatic carbocycles. The van der Waals surface area contributed by atoms with Crippen LogP contribution in [-0.2, 0) is 6.54 Å². The van der Waals surface area contributed by atoms with Crippen molar-refractivity contribution in [2.24, 2.45) is 5.92 Å². The molecule has 0 aliphatic carbocycles. The maximum absolute atomic E-state index is 10.5. The van der Waals surface area contributed by atoms with Gasteiger partial charge in [-0.3, -0.25) is 0 Å². The second-order valence-electron chi connectivity index (χ2n) is 3.11. The van der Waals surface area contributed by atoms with Gasteiger partial charge in [0.2, 0.25) is 5.69 Å². The van der Waals surface area contributed by atoms with Crippen molar-refractivity contribution in [3.05, 3.63) is 10.8 Å². The van der Waals surface area contributed by atoms with E-state index in [1.165, 1.54) is 4.68 Å². The highest BCUT2D eigenvalue weighted by atomic mass is 35.5. The maximum atomic E-state index is 10.5. The first-order valence-corrected chi connectivity index (χ1v) is 4.22. The van der Waals surface area contributed by atoms with Gasteiger partial charge >= 0.3 is 5.97 Å². The zero-order chi connectivity index (χ0) is 10.0. The van der Waals surface area contributed by atoms with Crippen LogP contribution in [0.25, 0.3) is 0 Å². The smallest absolute Gasteiger partial charge is 0.359 e. The Morgan fingerprint density at radius 3 is 2.69 bits per heavy atom. The normalized spacial score (nSPS) is 10.8. The Morgan fingerprint density at radius 2 is 2.31 bits per heavy atom. The maximum Gasteiger partial charge on any atom is 0.359 e. The van der Waals surface area contributed by atoms with Crippen LogP contribution in [-0.4, -0.2) is 26.1 Å². The fraction of sp³-hybridized carbons (Fsp3) is 0.571. The highest BCUT2D eigenvalue weighted by molar-refractivity contribution is 6.32. The number of aromatic carboxylic acids is 1. The number of aromatic nitrogens is 3. The quantitative estimate of drug-likeness (QED) is 0.804. The summed E-state index contributed by atoms with van der Waals surface area (Å²) in [4.78, 5) is 10.5. The van der Waals surface area contributed by atoms with E-state index in [1.807, 2.05) is 13.8 Å². The fourth-order valence-corrected chi connectivity index (χ4v) is 1.12. The molecule has 13 heavy (non-hydrogen) atoms. The van der Waals surface area contributed by atoms with Crippen LogP contribution in [0.1, 0.15) is 24.3 Å². The van der Waals surface area contributed by atoms with Crippen LogP contribution < -0.4 is 0 Å². The third kappa shape index (κ3) is 2.18. The SMILES string of the molecule is CC(C)Cn1nnc(C(=O)O)c1Cl. The van der Waals surface area contributed by atoms with Gasteiger partial charge in [0.1, 0.15) is 0 Å². The van der Waals surface area contributed by atoms with Gasteiger partial charge in [-0.05, 0) is 5.92 Å². The average molecular weight is 204 g/mol. The molecule has 1 aromatic rings. The molecule has 0 unspecified atom stereocenters. The third-order valence-corrected chi connectivity index (χ3v) is 1.79. The summed E-state index contributed by atoms with van der Waals surface area (Å²) in [6, 6.07) is 0. The largest absolute Gasteiger partial charge is 0.476 e. The van der Waals surface area contributed by atoms with Crippen LogP contribution in [0.2, 0.25) is 5.15 Å². The van der Waals surface area contributed by atoms with E-state index in [4.69, 9.17) is 16.7 Å². The molecule has 0 saturated carbocycles. The van der Waals surface area contributed by atoms with Gasteiger partial charge in [0, 0.05) is 6.54 Å². The molecule has 0 aliphatic heterocycles. The summed E-state index contributed by atoms with van der Waals surface area (Å²) in [6.45, 7) is 4.54. The number of carbonyl (C=O) groups is 1. The summed E-state index contributed by atoms with van der Waals surface area (Å²) in [7, 11) is 0. The van der Waals surface area contributed by atoms with E-state index in [-0.39, 0.29) is 10.8 Å². The fourth-order valence-electron chi connectivity index (χ4n) is 0.895. The molecule has 1 N–H and O–H groups in total. The van der Waals surface area contributed by atoms with E-state index >= 15 is 0 Å². The number of carboxylic acids is 1. The summed E-state index contributed by atoms with van der Waals surface area (Å²) in [5.74, 6) is -0.805. The Hall–Kier alpha value is -1.10. The Kier molecular flexibility index (Phi) is 2.87. The lowest BCUT2D eigenvalue weighted by Crippen LogP contribution is -2.06. The second-order valence-corrected chi connectivity index (χ2v) is 3.47. The van der Waals surface area contributed by atoms with Crippen LogP contribution >= 0.6 is 11.6 Å². The van der Waals surface area contributed by atoms with E-state index in [0.29, 0.717) is 12.5 Å². The minimum atomic E-state index is -1.15. The van der Waals surface area contributed by atoms with Gasteiger partial charge in [-0.15, -0.1) is 5.10 Å². The lowest BCUT2D eigenvalue weighted by Gasteiger charge is -2.03. The third-order valence-electron chi connectivity index (χ3n) is 1.42. The van der Waals surface area contributed by atoms with Crippen LogP contribution in [0.5, 0.6) is 0 Å². The Balaban J connectivity index is 2.93. The van der Waals surface area contributed by atoms with Crippen molar-refractivity contribution < 1.29 is 9.90 Å². The van der Waals surface area contributed by atoms with Gasteiger partial charge in [-0.1, -0.05) is 30.7 Å². The van der Waals surface area contributed by atoms with Crippen molar-refractivity contribution in [3.63, 3.8) is 0 Å². The number of carboxylic acid groups (broad SMARTS) is 1. The van der Waals surface area contributed by atoms with Gasteiger partial charge < -0.3 is 5.11 Å². The van der Waals surface area contributed by atoms with Crippen molar-refractivity contribution in [3.8, 4) is 0 Å². The molecule has 1 aromatic heterocycles. The molecule has 0 amide bonds. The molecular formula is C7H10ClN3O2. The number of rotatable bonds is 3. The van der Waals surface area contributed by atoms with Crippen LogP contribution in [0.3, 0.4) is 0 Å². The Bertz CT molecular complexity index is 322. The Morgan fingerprint density at radius 1 is 1.69 bits per heavy atom. The summed E-state index contributed by atoms with van der Waals surface area (Å²) < 4.78 is 1.38. The standard InChI is InChI=1S/C7H10ClN3O2/c1-4(2)3-11-6(8)5(7(12)13)9-10-11/h4H,3H2,1-2H3,(H,12,13). The summed E-state index contributed by atoms with van der Waals surface area (Å²) >= 11 is 5.72. The first-order chi connectivity index (χ1) is 6.02. The predicted molar refractivity (Wildman–Crippen MR) is 46.8 cm³/mol. The lowest BCUT2D eigenvalue weighted by molar-refractivity contribution is 0.0690. The molecule has 0 atom stereocenters. The number of hydrogen-bond donors (Lipinski definition) is 1. The van der Waals surface area contributed by atoms with Crippen molar-refractivity contribution in [2.45, 2.75) is 20.4 Å². The van der Waals surface area contributed by atoms with Crippen molar-refractivity contribution in [1.82, 2.24) is 15.0 Å². The molecule has 6 heteroatoms. The molecule has 72 valence electrons. The molecule has 5 nitrogen and oxygen atoms in total. The predicted octanol–water partition coefficient (Wildman–Crippen LogP) is 1.29. The van der Waals surface area contributed by atoms with Crippen molar-refractivity contribution >= 4 is 17.6 Å². The number of halogens is 1. The van der Waals surface area contributed by atoms with Gasteiger partial charge in [-0.2, -0.15) is 0 Å². The minimum absolute atomic E-state index is 0.0844. The Labute approximate surface area is 80.3 Å². The van der Waals surface area contributed by atoms with Crippen LogP contribution in [0.15, 0.2) is 0 Å². The molecule has 0 fully saturated rings. The van der Waals surface area contributed by atoms with Gasteiger partial charge in [0.05, 0.1) is 0 Å². The molecule has 0 spiro atoms. The molecule has 0 radical (unpaired) electrons. The molecule has 0 aliphatic rings. The zero-order valence-corrected chi connectivity index (χ0v) is 8.12. The minimum Gasteiger partial charge on any atom is -0.476 e. The lowest BCUT2D eigenvalue weighted by atomic mass is 10.2. The topological polar surface area (TPSA) is 68.0 Å². The second kappa shape index (κ2) is 3.74. The molecule has 0 saturated heterocycles. The highest BCUT2D eigenvalue weighted by Crippen LogP contribution is 2.13. The zero-order valence-electron chi connectivity index (χ0n) is 7.36. The van der Waals surface area contributed by atoms with Crippen LogP contribution in [0.4, 0.5) is 0 Å². The van der Waals surface area contributed by atoms with E-state index in [0.717, 1.165) is 0 Å². The molecule has 1 rings (SSSR count). The summed E-state index contributed by atoms with van der Waals surface area (Å²) in [6.07, 6.45) is 0. The van der Waals surface area contributed by atoms with E-state index in [9.17, 15) is 4.79 Å². The van der Waals surface area contributed by atoms with Crippen molar-refractivity contribution in [2.75, 3.05) is 0 Å². The van der Waals surface area contributed by atoms with Gasteiger partial charge in [0.25, 0.3) is 0 Å². The summed E-state index contributed by atoms with van der Waals surface area (Å²) in [5.41, 5.74) is -0.192. The molecule has 1 heterocycles. The van der Waals surface area contributed by atoms with E-state index < -0.39 is 5.97 Å². The summed E-state index contributed by atoms with van der Waals surface area (Å²) in [5, 5.41) is 15.8. The highest BCUT2D eigenvalue weighted by Gasteiger charge is 2.17. The van der Waals surface area contributed by atoms with Crippen molar-refractivity contribution in [1.29, 1.82) is 0 Å². The first kappa shape index (κ1) is 9.98. The monoisotopic (exact) mass is 203 g/mol. The molecular weight excluding hydrogens is 194 g/mol. The number of nitrogens with zero attached hydrogens (tertiary/aromatic N) is 3. The molecule has 0 bridgehead atoms. The van der Waals surface area contributed by atoms with Gasteiger partial charge in [-0.25, -0.2) is 9.48 Å². The van der Waals surface area contributed by atoms with Gasteiger partial charge in [0.15, 0.2) is 5.15 Å². The van der Waals surface area contributed by atoms with E-state index in [2.05, 4.69) is 10.3 Å². The number of hydrogen-bond acceptors (Lipinski definition) is 3. The van der Waals surface area contributed by atoms with E-state index in [1.54, 1.807) is 0 Å². The average Bonchev–Trinajstić information content (AvgIpc) is 2.32.